The Labute approximate surface area is 208 Å². The maximum atomic E-state index is 11.0. The largest absolute Gasteiger partial charge is 0.393 e. The highest BCUT2D eigenvalue weighted by Gasteiger charge is 2.56. The molecule has 1 spiro atoms. The molecule has 1 aromatic carbocycles. The first-order valence-corrected chi connectivity index (χ1v) is 13.5. The van der Waals surface area contributed by atoms with E-state index >= 15 is 0 Å². The molecule has 1 heterocycles. The number of hydrogen-bond acceptors (Lipinski definition) is 4. The van der Waals surface area contributed by atoms with Crippen molar-refractivity contribution in [2.45, 2.75) is 83.6 Å². The standard InChI is InChI=1S/C29H38ClNO3/c1-27(2)16-33-29(34-17-27)13-12-19-18(14-29)8-9-20-21-10-11-25(32)28(21,3)15-24(26(19)20)31-23-7-5-4-6-22(23)30/h4-7,14,20-21,24-25,31-32H,8-13,15-17H2,1-3H3/t20-,21-,24-,25-,28-/m0/s1. The molecule has 6 rings (SSSR count). The Bertz CT molecular complexity index is 1040. The van der Waals surface area contributed by atoms with E-state index in [4.69, 9.17) is 21.1 Å². The van der Waals surface area contributed by atoms with E-state index in [0.717, 1.165) is 68.9 Å². The third kappa shape index (κ3) is 3.68. The molecule has 3 fully saturated rings. The van der Waals surface area contributed by atoms with Gasteiger partial charge in [0.25, 0.3) is 0 Å². The number of para-hydroxylation sites is 1. The van der Waals surface area contributed by atoms with Gasteiger partial charge in [0.2, 0.25) is 0 Å². The summed E-state index contributed by atoms with van der Waals surface area (Å²) in [4.78, 5) is 0. The van der Waals surface area contributed by atoms with Crippen molar-refractivity contribution in [2.24, 2.45) is 22.7 Å². The van der Waals surface area contributed by atoms with Crippen molar-refractivity contribution < 1.29 is 14.6 Å². The molecule has 0 radical (unpaired) electrons. The van der Waals surface area contributed by atoms with Crippen LogP contribution in [0.1, 0.15) is 65.7 Å². The number of hydrogen-bond donors (Lipinski definition) is 2. The van der Waals surface area contributed by atoms with E-state index in [0.29, 0.717) is 11.8 Å². The van der Waals surface area contributed by atoms with Gasteiger partial charge in [0.05, 0.1) is 30.0 Å². The first kappa shape index (κ1) is 23.1. The minimum Gasteiger partial charge on any atom is -0.393 e. The Morgan fingerprint density at radius 1 is 1.03 bits per heavy atom. The van der Waals surface area contributed by atoms with E-state index in [2.05, 4.69) is 38.2 Å². The first-order valence-electron chi connectivity index (χ1n) is 13.1. The molecule has 1 aromatic rings. The van der Waals surface area contributed by atoms with Crippen LogP contribution >= 0.6 is 11.6 Å². The third-order valence-electron chi connectivity index (χ3n) is 9.46. The highest BCUT2D eigenvalue weighted by molar-refractivity contribution is 6.33. The lowest BCUT2D eigenvalue weighted by atomic mass is 9.55. The number of nitrogens with one attached hydrogen (secondary N) is 1. The van der Waals surface area contributed by atoms with Crippen molar-refractivity contribution in [1.29, 1.82) is 0 Å². The Hall–Kier alpha value is -1.33. The molecule has 184 valence electrons. The van der Waals surface area contributed by atoms with E-state index in [1.165, 1.54) is 11.1 Å². The number of anilines is 1. The fraction of sp³-hybridized carbons (Fsp3) is 0.655. The monoisotopic (exact) mass is 483 g/mol. The number of aliphatic hydroxyl groups is 1. The minimum atomic E-state index is -0.555. The lowest BCUT2D eigenvalue weighted by Crippen LogP contribution is -2.51. The van der Waals surface area contributed by atoms with Crippen LogP contribution in [0.5, 0.6) is 0 Å². The van der Waals surface area contributed by atoms with E-state index < -0.39 is 5.79 Å². The molecule has 0 amide bonds. The molecule has 2 saturated carbocycles. The smallest absolute Gasteiger partial charge is 0.188 e. The molecule has 0 aromatic heterocycles. The average molecular weight is 484 g/mol. The van der Waals surface area contributed by atoms with Gasteiger partial charge < -0.3 is 19.9 Å². The summed E-state index contributed by atoms with van der Waals surface area (Å²) in [6, 6.07) is 8.22. The first-order chi connectivity index (χ1) is 16.2. The summed E-state index contributed by atoms with van der Waals surface area (Å²) >= 11 is 6.58. The van der Waals surface area contributed by atoms with E-state index in [1.807, 2.05) is 18.2 Å². The fourth-order valence-electron chi connectivity index (χ4n) is 7.60. The number of allylic oxidation sites excluding steroid dienone is 2. The molecule has 1 saturated heterocycles. The molecular formula is C29H38ClNO3. The molecule has 4 aliphatic carbocycles. The predicted molar refractivity (Wildman–Crippen MR) is 136 cm³/mol. The second-order valence-electron chi connectivity index (χ2n) is 12.4. The number of rotatable bonds is 2. The van der Waals surface area contributed by atoms with Crippen molar-refractivity contribution >= 4 is 17.3 Å². The van der Waals surface area contributed by atoms with Gasteiger partial charge in [0, 0.05) is 17.9 Å². The fourth-order valence-corrected chi connectivity index (χ4v) is 7.79. The van der Waals surface area contributed by atoms with Crippen LogP contribution in [0.4, 0.5) is 5.69 Å². The van der Waals surface area contributed by atoms with Gasteiger partial charge in [0.15, 0.2) is 5.79 Å². The molecule has 0 unspecified atom stereocenters. The Morgan fingerprint density at radius 3 is 2.56 bits per heavy atom. The molecular weight excluding hydrogens is 446 g/mol. The Balaban J connectivity index is 1.40. The van der Waals surface area contributed by atoms with Gasteiger partial charge in [-0.3, -0.25) is 0 Å². The Morgan fingerprint density at radius 2 is 1.79 bits per heavy atom. The minimum absolute atomic E-state index is 0.0497. The molecule has 1 aliphatic heterocycles. The van der Waals surface area contributed by atoms with E-state index in [-0.39, 0.29) is 23.0 Å². The molecule has 5 aliphatic rings. The van der Waals surface area contributed by atoms with Crippen molar-refractivity contribution in [3.63, 3.8) is 0 Å². The number of fused-ring (bicyclic) bond motifs is 4. The van der Waals surface area contributed by atoms with Crippen LogP contribution in [0, 0.1) is 22.7 Å². The van der Waals surface area contributed by atoms with Crippen LogP contribution in [0.3, 0.4) is 0 Å². The normalized spacial score (nSPS) is 38.1. The maximum Gasteiger partial charge on any atom is 0.188 e. The number of aliphatic hydroxyl groups excluding tert-OH is 1. The summed E-state index contributed by atoms with van der Waals surface area (Å²) < 4.78 is 12.7. The zero-order valence-electron chi connectivity index (χ0n) is 20.7. The lowest BCUT2D eigenvalue weighted by molar-refractivity contribution is -0.275. The van der Waals surface area contributed by atoms with Crippen molar-refractivity contribution in [3.05, 3.63) is 52.1 Å². The van der Waals surface area contributed by atoms with Crippen molar-refractivity contribution in [2.75, 3.05) is 18.5 Å². The van der Waals surface area contributed by atoms with Crippen LogP contribution in [0.15, 0.2) is 47.1 Å². The highest BCUT2D eigenvalue weighted by atomic mass is 35.5. The van der Waals surface area contributed by atoms with Gasteiger partial charge in [-0.25, -0.2) is 0 Å². The summed E-state index contributed by atoms with van der Waals surface area (Å²) in [6.45, 7) is 8.20. The van der Waals surface area contributed by atoms with E-state index in [9.17, 15) is 5.11 Å². The summed E-state index contributed by atoms with van der Waals surface area (Å²) in [6.07, 6.45) is 9.16. The van der Waals surface area contributed by atoms with E-state index in [1.54, 1.807) is 5.57 Å². The maximum absolute atomic E-state index is 11.0. The second kappa shape index (κ2) is 8.09. The average Bonchev–Trinajstić information content (AvgIpc) is 3.11. The zero-order chi connectivity index (χ0) is 23.7. The summed E-state index contributed by atoms with van der Waals surface area (Å²) in [5.74, 6) is 0.513. The van der Waals surface area contributed by atoms with Crippen LogP contribution < -0.4 is 5.32 Å². The molecule has 2 N–H and O–H groups in total. The molecule has 4 nitrogen and oxygen atoms in total. The van der Waals surface area contributed by atoms with Crippen LogP contribution in [0.25, 0.3) is 0 Å². The van der Waals surface area contributed by atoms with Crippen LogP contribution in [0.2, 0.25) is 5.02 Å². The van der Waals surface area contributed by atoms with Crippen LogP contribution in [-0.4, -0.2) is 36.3 Å². The molecule has 5 heteroatoms. The predicted octanol–water partition coefficient (Wildman–Crippen LogP) is 6.50. The molecule has 5 atom stereocenters. The van der Waals surface area contributed by atoms with Gasteiger partial charge in [-0.2, -0.15) is 0 Å². The summed E-state index contributed by atoms with van der Waals surface area (Å²) in [5, 5.41) is 15.6. The summed E-state index contributed by atoms with van der Waals surface area (Å²) in [7, 11) is 0. The van der Waals surface area contributed by atoms with Gasteiger partial charge >= 0.3 is 0 Å². The second-order valence-corrected chi connectivity index (χ2v) is 12.8. The van der Waals surface area contributed by atoms with Crippen LogP contribution in [-0.2, 0) is 9.47 Å². The number of halogens is 1. The summed E-state index contributed by atoms with van der Waals surface area (Å²) in [5.41, 5.74) is 5.52. The van der Waals surface area contributed by atoms with Crippen molar-refractivity contribution in [1.82, 2.24) is 0 Å². The SMILES string of the molecule is CC1(C)COC2(C=C3CC[C@@H]4C(=C3CC2)[C@@H](Nc2ccccc2Cl)C[C@]2(C)[C@@H](O)CC[C@@H]42)OC1. The topological polar surface area (TPSA) is 50.7 Å². The zero-order valence-corrected chi connectivity index (χ0v) is 21.5. The van der Waals surface area contributed by atoms with Gasteiger partial charge in [0.1, 0.15) is 0 Å². The van der Waals surface area contributed by atoms with Gasteiger partial charge in [-0.05, 0) is 90.7 Å². The van der Waals surface area contributed by atoms with Crippen molar-refractivity contribution in [3.8, 4) is 0 Å². The number of ether oxygens (including phenoxy) is 2. The number of benzene rings is 1. The third-order valence-corrected chi connectivity index (χ3v) is 9.79. The molecule has 34 heavy (non-hydrogen) atoms. The molecule has 0 bridgehead atoms. The Kier molecular flexibility index (Phi) is 5.50. The van der Waals surface area contributed by atoms with Gasteiger partial charge in [-0.15, -0.1) is 0 Å². The lowest BCUT2D eigenvalue weighted by Gasteiger charge is -2.53. The highest BCUT2D eigenvalue weighted by Crippen LogP contribution is 2.61. The quantitative estimate of drug-likeness (QED) is 0.504. The van der Waals surface area contributed by atoms with Gasteiger partial charge in [-0.1, -0.05) is 44.5 Å².